The molecule has 2 heterocycles. The molecule has 0 saturated heterocycles. The van der Waals surface area contributed by atoms with E-state index < -0.39 is 53.9 Å². The van der Waals surface area contributed by atoms with Gasteiger partial charge in [-0.05, 0) is 17.2 Å². The molecule has 0 amide bonds. The fourth-order valence-electron chi connectivity index (χ4n) is 3.38. The molecule has 0 spiro atoms. The lowest BCUT2D eigenvalue weighted by molar-refractivity contribution is 0.369. The summed E-state index contributed by atoms with van der Waals surface area (Å²) >= 11 is 0. The minimum atomic E-state index is -3.95. The molecule has 3 aromatic rings. The van der Waals surface area contributed by atoms with Gasteiger partial charge in [0, 0.05) is 36.8 Å². The van der Waals surface area contributed by atoms with Gasteiger partial charge in [-0.2, -0.15) is 0 Å². The van der Waals surface area contributed by atoms with Gasteiger partial charge in [0.2, 0.25) is 0 Å². The predicted octanol–water partition coefficient (Wildman–Crippen LogP) is 1.29. The molecule has 2 atom stereocenters. The molecule has 0 saturated carbocycles. The molecule has 0 aliphatic heterocycles. The second kappa shape index (κ2) is 7.29. The van der Waals surface area contributed by atoms with Crippen molar-refractivity contribution in [1.29, 1.82) is 0 Å². The first-order valence-electron chi connectivity index (χ1n) is 8.48. The molecule has 2 unspecified atom stereocenters. The summed E-state index contributed by atoms with van der Waals surface area (Å²) in [5.41, 5.74) is 0.105. The van der Waals surface area contributed by atoms with E-state index in [1.165, 1.54) is 24.3 Å². The first kappa shape index (κ1) is 21.6. The van der Waals surface area contributed by atoms with E-state index >= 15 is 0 Å². The van der Waals surface area contributed by atoms with Gasteiger partial charge in [-0.3, -0.25) is 9.13 Å². The van der Waals surface area contributed by atoms with Crippen LogP contribution in [-0.4, -0.2) is 58.9 Å². The number of aromatic nitrogens is 2. The number of benzene rings is 1. The third kappa shape index (κ3) is 3.83. The van der Waals surface area contributed by atoms with Crippen molar-refractivity contribution in [3.8, 4) is 23.5 Å². The third-order valence-electron chi connectivity index (χ3n) is 4.51. The lowest BCUT2D eigenvalue weighted by atomic mass is 10.1. The van der Waals surface area contributed by atoms with Crippen LogP contribution in [0.3, 0.4) is 0 Å². The molecule has 0 aliphatic rings. The highest BCUT2D eigenvalue weighted by molar-refractivity contribution is 7.91. The minimum Gasteiger partial charge on any atom is -0.494 e. The molecular formula is C18H20N2O8S2. The Labute approximate surface area is 172 Å². The third-order valence-corrected chi connectivity index (χ3v) is 7.10. The van der Waals surface area contributed by atoms with E-state index in [9.17, 15) is 37.3 Å². The van der Waals surface area contributed by atoms with Gasteiger partial charge < -0.3 is 20.4 Å². The summed E-state index contributed by atoms with van der Waals surface area (Å²) in [6.45, 7) is 0. The summed E-state index contributed by atoms with van der Waals surface area (Å²) in [4.78, 5) is 0. The maximum Gasteiger partial charge on any atom is 0.195 e. The molecule has 0 bridgehead atoms. The zero-order valence-electron chi connectivity index (χ0n) is 15.9. The van der Waals surface area contributed by atoms with E-state index in [0.717, 1.165) is 45.9 Å². The molecule has 4 N–H and O–H groups in total. The lowest BCUT2D eigenvalue weighted by Crippen LogP contribution is -2.22. The summed E-state index contributed by atoms with van der Waals surface area (Å²) in [6, 6.07) is 9.91. The zero-order chi connectivity index (χ0) is 22.4. The molecule has 3 rings (SSSR count). The van der Waals surface area contributed by atoms with E-state index in [0.29, 0.717) is 0 Å². The van der Waals surface area contributed by atoms with Crippen molar-refractivity contribution < 1.29 is 37.3 Å². The number of rotatable bonds is 6. The Bertz CT molecular complexity index is 1170. The largest absolute Gasteiger partial charge is 0.494 e. The predicted molar refractivity (Wildman–Crippen MR) is 108 cm³/mol. The van der Waals surface area contributed by atoms with Crippen molar-refractivity contribution in [3.63, 3.8) is 0 Å². The van der Waals surface area contributed by atoms with Gasteiger partial charge in [-0.25, -0.2) is 16.8 Å². The van der Waals surface area contributed by atoms with E-state index in [-0.39, 0.29) is 11.1 Å². The molecule has 1 aromatic carbocycles. The molecule has 2 aromatic heterocycles. The second-order valence-electron chi connectivity index (χ2n) is 6.87. The summed E-state index contributed by atoms with van der Waals surface area (Å²) < 4.78 is 51.6. The number of aromatic hydroxyl groups is 4. The van der Waals surface area contributed by atoms with Crippen molar-refractivity contribution in [3.05, 3.63) is 59.7 Å². The number of sulfone groups is 2. The van der Waals surface area contributed by atoms with Crippen LogP contribution in [0.5, 0.6) is 23.5 Å². The Kier molecular flexibility index (Phi) is 5.24. The van der Waals surface area contributed by atoms with Crippen LogP contribution >= 0.6 is 0 Å². The number of nitrogens with zero attached hydrogens (tertiary/aromatic N) is 2. The van der Waals surface area contributed by atoms with E-state index in [1.54, 1.807) is 0 Å². The van der Waals surface area contributed by atoms with Gasteiger partial charge in [0.25, 0.3) is 0 Å². The Hall–Kier alpha value is -3.12. The average Bonchev–Trinajstić information content (AvgIpc) is 3.11. The van der Waals surface area contributed by atoms with Crippen molar-refractivity contribution in [1.82, 2.24) is 9.13 Å². The molecule has 10 nitrogen and oxygen atoms in total. The van der Waals surface area contributed by atoms with E-state index in [1.807, 2.05) is 0 Å². The van der Waals surface area contributed by atoms with Crippen molar-refractivity contribution in [2.75, 3.05) is 12.5 Å². The van der Waals surface area contributed by atoms with Gasteiger partial charge in [-0.15, -0.1) is 0 Å². The Morgan fingerprint density at radius 1 is 0.633 bits per heavy atom. The fourth-order valence-corrected chi connectivity index (χ4v) is 5.86. The molecule has 12 heteroatoms. The van der Waals surface area contributed by atoms with Crippen LogP contribution in [0.25, 0.3) is 0 Å². The van der Waals surface area contributed by atoms with Gasteiger partial charge in [-0.1, -0.05) is 18.2 Å². The highest BCUT2D eigenvalue weighted by Crippen LogP contribution is 2.38. The summed E-state index contributed by atoms with van der Waals surface area (Å²) in [5.74, 6) is -2.02. The van der Waals surface area contributed by atoms with Crippen molar-refractivity contribution >= 4 is 19.7 Å². The maximum atomic E-state index is 12.5. The topological polar surface area (TPSA) is 159 Å². The Morgan fingerprint density at radius 3 is 1.20 bits per heavy atom. The summed E-state index contributed by atoms with van der Waals surface area (Å²) in [7, 11) is -7.89. The van der Waals surface area contributed by atoms with Crippen molar-refractivity contribution in [2.45, 2.75) is 10.7 Å². The number of hydrogen-bond donors (Lipinski definition) is 4. The van der Waals surface area contributed by atoms with Crippen LogP contribution < -0.4 is 0 Å². The van der Waals surface area contributed by atoms with Crippen LogP contribution in [-0.2, 0) is 19.7 Å². The molecule has 0 fully saturated rings. The zero-order valence-corrected chi connectivity index (χ0v) is 17.5. The van der Waals surface area contributed by atoms with Gasteiger partial charge in [0.15, 0.2) is 53.9 Å². The summed E-state index contributed by atoms with van der Waals surface area (Å²) in [5, 5.41) is 37.0. The van der Waals surface area contributed by atoms with Crippen LogP contribution in [0.1, 0.15) is 21.9 Å². The average molecular weight is 456 g/mol. The molecular weight excluding hydrogens is 436 g/mol. The SMILES string of the molecule is CS(=O)(=O)C(c1cccc(C(n2c(O)ccc2O)S(C)(=O)=O)c1)n1c(O)ccc1O. The van der Waals surface area contributed by atoms with Gasteiger partial charge >= 0.3 is 0 Å². The highest BCUT2D eigenvalue weighted by atomic mass is 32.2. The van der Waals surface area contributed by atoms with Crippen LogP contribution in [0.4, 0.5) is 0 Å². The first-order chi connectivity index (χ1) is 13.8. The smallest absolute Gasteiger partial charge is 0.195 e. The standard InChI is InChI=1S/C18H20N2O8S2/c1-29(25,26)17(19-13(21)6-7-14(19)22)11-4-3-5-12(10-11)18(30(2,27)28)20-15(23)8-9-16(20)24/h3-10,17-18,21-24H,1-2H3. The molecule has 30 heavy (non-hydrogen) atoms. The van der Waals surface area contributed by atoms with Gasteiger partial charge in [0.05, 0.1) is 0 Å². The molecule has 162 valence electrons. The second-order valence-corrected chi connectivity index (χ2v) is 11.1. The highest BCUT2D eigenvalue weighted by Gasteiger charge is 2.33. The number of hydrogen-bond acceptors (Lipinski definition) is 8. The molecule has 0 aliphatic carbocycles. The van der Waals surface area contributed by atoms with Gasteiger partial charge in [0.1, 0.15) is 0 Å². The quantitative estimate of drug-likeness (QED) is 0.432. The van der Waals surface area contributed by atoms with E-state index in [2.05, 4.69) is 0 Å². The Balaban J connectivity index is 2.26. The minimum absolute atomic E-state index is 0.0524. The van der Waals surface area contributed by atoms with Crippen LogP contribution in [0.15, 0.2) is 48.5 Å². The lowest BCUT2D eigenvalue weighted by Gasteiger charge is -2.23. The molecule has 0 radical (unpaired) electrons. The van der Waals surface area contributed by atoms with Crippen LogP contribution in [0.2, 0.25) is 0 Å². The Morgan fingerprint density at radius 2 is 0.933 bits per heavy atom. The summed E-state index contributed by atoms with van der Waals surface area (Å²) in [6.07, 6.45) is 1.81. The maximum absolute atomic E-state index is 12.5. The first-order valence-corrected chi connectivity index (χ1v) is 12.4. The fraction of sp³-hybridized carbons (Fsp3) is 0.222. The monoisotopic (exact) mass is 456 g/mol. The normalized spacial score (nSPS) is 14.5. The van der Waals surface area contributed by atoms with Crippen LogP contribution in [0, 0.1) is 0 Å². The van der Waals surface area contributed by atoms with Crippen molar-refractivity contribution in [2.24, 2.45) is 0 Å². The van der Waals surface area contributed by atoms with E-state index in [4.69, 9.17) is 0 Å².